The minimum absolute atomic E-state index is 0.220. The van der Waals surface area contributed by atoms with Gasteiger partial charge in [0.05, 0.1) is 17.7 Å². The number of carbonyl (C=O) groups excluding carboxylic acids is 1. The van der Waals surface area contributed by atoms with Gasteiger partial charge in [0.15, 0.2) is 0 Å². The van der Waals surface area contributed by atoms with Gasteiger partial charge in [0, 0.05) is 25.1 Å². The normalized spacial score (nSPS) is 13.2. The monoisotopic (exact) mass is 370 g/mol. The Morgan fingerprint density at radius 2 is 1.93 bits per heavy atom. The first-order valence-corrected chi connectivity index (χ1v) is 9.14. The largest absolute Gasteiger partial charge is 0.475 e. The summed E-state index contributed by atoms with van der Waals surface area (Å²) in [6.45, 7) is 4.32. The number of benzene rings is 1. The van der Waals surface area contributed by atoms with Gasteiger partial charge in [-0.15, -0.1) is 0 Å². The molecule has 0 saturated carbocycles. The summed E-state index contributed by atoms with van der Waals surface area (Å²) in [4.78, 5) is 21.1. The standard InChI is InChI=1S/C19H27BN4O3/c1-14(2)10-18(20(26)27)24-19(25)17(11-15-6-4-3-5-7-15)23-13-16-12-21-8-9-22-16/h3-9,12,14,17-18,23,26-27H,10-11,13H2,1-2H3,(H,24,25)/t17-,18?/m0/s1. The smallest absolute Gasteiger partial charge is 0.426 e. The van der Waals surface area contributed by atoms with Gasteiger partial charge in [-0.2, -0.15) is 0 Å². The van der Waals surface area contributed by atoms with E-state index in [9.17, 15) is 14.8 Å². The minimum atomic E-state index is -1.60. The van der Waals surface area contributed by atoms with Gasteiger partial charge in [-0.1, -0.05) is 44.2 Å². The van der Waals surface area contributed by atoms with E-state index in [4.69, 9.17) is 0 Å². The van der Waals surface area contributed by atoms with E-state index in [0.29, 0.717) is 19.4 Å². The second kappa shape index (κ2) is 10.8. The molecule has 8 heteroatoms. The van der Waals surface area contributed by atoms with Gasteiger partial charge in [-0.3, -0.25) is 20.1 Å². The first kappa shape index (κ1) is 21.0. The first-order valence-electron chi connectivity index (χ1n) is 9.14. The topological polar surface area (TPSA) is 107 Å². The lowest BCUT2D eigenvalue weighted by Crippen LogP contribution is -2.54. The number of nitrogens with zero attached hydrogens (tertiary/aromatic N) is 2. The molecule has 27 heavy (non-hydrogen) atoms. The zero-order valence-corrected chi connectivity index (χ0v) is 15.7. The summed E-state index contributed by atoms with van der Waals surface area (Å²) >= 11 is 0. The average Bonchev–Trinajstić information content (AvgIpc) is 2.65. The van der Waals surface area contributed by atoms with Crippen molar-refractivity contribution in [1.82, 2.24) is 20.6 Å². The molecule has 0 aliphatic carbocycles. The van der Waals surface area contributed by atoms with Crippen LogP contribution in [0.15, 0.2) is 48.9 Å². The Hall–Kier alpha value is -2.29. The SMILES string of the molecule is CC(C)CC(NC(=O)[C@H](Cc1ccccc1)NCc1cnccn1)B(O)O. The number of carbonyl (C=O) groups is 1. The molecule has 0 radical (unpaired) electrons. The average molecular weight is 370 g/mol. The summed E-state index contributed by atoms with van der Waals surface area (Å²) in [5, 5.41) is 25.2. The van der Waals surface area contributed by atoms with Crippen LogP contribution in [0.5, 0.6) is 0 Å². The van der Waals surface area contributed by atoms with E-state index in [1.807, 2.05) is 44.2 Å². The van der Waals surface area contributed by atoms with Crippen LogP contribution >= 0.6 is 0 Å². The van der Waals surface area contributed by atoms with Crippen molar-refractivity contribution in [2.24, 2.45) is 5.92 Å². The van der Waals surface area contributed by atoms with Crippen molar-refractivity contribution in [2.45, 2.75) is 45.2 Å². The Balaban J connectivity index is 2.08. The molecule has 1 aromatic heterocycles. The Bertz CT molecular complexity index is 686. The Morgan fingerprint density at radius 3 is 2.52 bits per heavy atom. The van der Waals surface area contributed by atoms with Crippen molar-refractivity contribution in [1.29, 1.82) is 0 Å². The molecule has 1 unspecified atom stereocenters. The van der Waals surface area contributed by atoms with E-state index in [-0.39, 0.29) is 11.8 Å². The molecule has 2 rings (SSSR count). The molecular formula is C19H27BN4O3. The van der Waals surface area contributed by atoms with Crippen molar-refractivity contribution in [3.05, 3.63) is 60.2 Å². The maximum atomic E-state index is 12.8. The second-order valence-corrected chi connectivity index (χ2v) is 6.98. The molecule has 0 fully saturated rings. The lowest BCUT2D eigenvalue weighted by Gasteiger charge is -2.24. The number of rotatable bonds is 10. The summed E-state index contributed by atoms with van der Waals surface area (Å²) in [7, 11) is -1.60. The van der Waals surface area contributed by atoms with Crippen LogP contribution in [-0.4, -0.2) is 45.0 Å². The van der Waals surface area contributed by atoms with E-state index in [2.05, 4.69) is 20.6 Å². The van der Waals surface area contributed by atoms with Crippen LogP contribution in [0.1, 0.15) is 31.5 Å². The lowest BCUT2D eigenvalue weighted by molar-refractivity contribution is -0.123. The molecule has 1 aromatic carbocycles. The van der Waals surface area contributed by atoms with Crippen LogP contribution in [0.3, 0.4) is 0 Å². The summed E-state index contributed by atoms with van der Waals surface area (Å²) in [6.07, 6.45) is 5.79. The maximum Gasteiger partial charge on any atom is 0.475 e. The Labute approximate surface area is 160 Å². The maximum absolute atomic E-state index is 12.8. The van der Waals surface area contributed by atoms with Gasteiger partial charge in [0.1, 0.15) is 0 Å². The third-order valence-electron chi connectivity index (χ3n) is 4.16. The molecule has 2 atom stereocenters. The third kappa shape index (κ3) is 7.46. The Kier molecular flexibility index (Phi) is 8.38. The summed E-state index contributed by atoms with van der Waals surface area (Å²) in [5.74, 6) is -0.771. The lowest BCUT2D eigenvalue weighted by atomic mass is 9.75. The van der Waals surface area contributed by atoms with Gasteiger partial charge < -0.3 is 15.4 Å². The van der Waals surface area contributed by atoms with Gasteiger partial charge >= 0.3 is 7.12 Å². The second-order valence-electron chi connectivity index (χ2n) is 6.98. The zero-order valence-electron chi connectivity index (χ0n) is 15.7. The molecule has 144 valence electrons. The molecule has 1 heterocycles. The molecular weight excluding hydrogens is 343 g/mol. The highest BCUT2D eigenvalue weighted by Crippen LogP contribution is 2.08. The van der Waals surface area contributed by atoms with Crippen LogP contribution < -0.4 is 10.6 Å². The minimum Gasteiger partial charge on any atom is -0.426 e. The van der Waals surface area contributed by atoms with Crippen LogP contribution in [0, 0.1) is 5.92 Å². The van der Waals surface area contributed by atoms with E-state index in [1.165, 1.54) is 0 Å². The van der Waals surface area contributed by atoms with Gasteiger partial charge in [0.25, 0.3) is 0 Å². The zero-order chi connectivity index (χ0) is 19.6. The van der Waals surface area contributed by atoms with Gasteiger partial charge in [-0.25, -0.2) is 0 Å². The quantitative estimate of drug-likeness (QED) is 0.459. The number of nitrogens with one attached hydrogen (secondary N) is 2. The Morgan fingerprint density at radius 1 is 1.19 bits per heavy atom. The molecule has 0 saturated heterocycles. The molecule has 4 N–H and O–H groups in total. The van der Waals surface area contributed by atoms with E-state index in [0.717, 1.165) is 11.3 Å². The molecule has 0 bridgehead atoms. The fraction of sp³-hybridized carbons (Fsp3) is 0.421. The van der Waals surface area contributed by atoms with Gasteiger partial charge in [0.2, 0.25) is 5.91 Å². The van der Waals surface area contributed by atoms with Crippen molar-refractivity contribution in [2.75, 3.05) is 0 Å². The summed E-state index contributed by atoms with van der Waals surface area (Å²) in [6, 6.07) is 9.14. The van der Waals surface area contributed by atoms with E-state index in [1.54, 1.807) is 18.6 Å². The van der Waals surface area contributed by atoms with Crippen LogP contribution in [0.2, 0.25) is 0 Å². The first-order chi connectivity index (χ1) is 13.0. The molecule has 7 nitrogen and oxygen atoms in total. The van der Waals surface area contributed by atoms with E-state index < -0.39 is 19.1 Å². The summed E-state index contributed by atoms with van der Waals surface area (Å²) in [5.41, 5.74) is 1.73. The number of hydrogen-bond donors (Lipinski definition) is 4. The van der Waals surface area contributed by atoms with Crippen molar-refractivity contribution < 1.29 is 14.8 Å². The van der Waals surface area contributed by atoms with Crippen molar-refractivity contribution in [3.63, 3.8) is 0 Å². The number of amides is 1. The number of aromatic nitrogens is 2. The van der Waals surface area contributed by atoms with E-state index >= 15 is 0 Å². The predicted molar refractivity (Wildman–Crippen MR) is 104 cm³/mol. The fourth-order valence-corrected chi connectivity index (χ4v) is 2.80. The third-order valence-corrected chi connectivity index (χ3v) is 4.16. The molecule has 0 spiro atoms. The molecule has 0 aliphatic rings. The van der Waals surface area contributed by atoms with Crippen LogP contribution in [-0.2, 0) is 17.8 Å². The molecule has 0 aliphatic heterocycles. The highest BCUT2D eigenvalue weighted by molar-refractivity contribution is 6.43. The van der Waals surface area contributed by atoms with Crippen molar-refractivity contribution in [3.8, 4) is 0 Å². The highest BCUT2D eigenvalue weighted by Gasteiger charge is 2.29. The van der Waals surface area contributed by atoms with Gasteiger partial charge in [-0.05, 0) is 24.3 Å². The summed E-state index contributed by atoms with van der Waals surface area (Å²) < 4.78 is 0. The van der Waals surface area contributed by atoms with Crippen LogP contribution in [0.25, 0.3) is 0 Å². The van der Waals surface area contributed by atoms with Crippen LogP contribution in [0.4, 0.5) is 0 Å². The highest BCUT2D eigenvalue weighted by atomic mass is 16.4. The number of hydrogen-bond acceptors (Lipinski definition) is 6. The molecule has 2 aromatic rings. The van der Waals surface area contributed by atoms with Crippen molar-refractivity contribution >= 4 is 13.0 Å². The fourth-order valence-electron chi connectivity index (χ4n) is 2.80. The predicted octanol–water partition coefficient (Wildman–Crippen LogP) is 0.720. The molecule has 1 amide bonds.